The van der Waals surface area contributed by atoms with E-state index in [1.165, 1.54) is 9.80 Å². The molecule has 6 nitrogen and oxygen atoms in total. The molecule has 1 N–H and O–H groups in total. The average molecular weight is 371 g/mol. The van der Waals surface area contributed by atoms with E-state index in [4.69, 9.17) is 4.74 Å². The van der Waals surface area contributed by atoms with E-state index in [9.17, 15) is 14.7 Å². The molecule has 0 aromatic heterocycles. The van der Waals surface area contributed by atoms with Crippen molar-refractivity contribution in [3.8, 4) is 0 Å². The van der Waals surface area contributed by atoms with Crippen LogP contribution < -0.4 is 0 Å². The van der Waals surface area contributed by atoms with Gasteiger partial charge in [-0.25, -0.2) is 4.79 Å². The van der Waals surface area contributed by atoms with Crippen LogP contribution in [-0.4, -0.2) is 66.8 Å². The number of ether oxygens (including phenoxy) is 1. The fraction of sp³-hybridized carbons (Fsp3) is 0.900. The summed E-state index contributed by atoms with van der Waals surface area (Å²) in [4.78, 5) is 26.7. The Morgan fingerprint density at radius 3 is 1.96 bits per heavy atom. The molecule has 1 aliphatic heterocycles. The van der Waals surface area contributed by atoms with Crippen molar-refractivity contribution >= 4 is 11.9 Å². The van der Waals surface area contributed by atoms with Gasteiger partial charge in [0.1, 0.15) is 6.54 Å². The molecule has 152 valence electrons. The number of likely N-dealkylation sites (N-methyl/N-ethyl adjacent to an activating group) is 1. The molecule has 0 radical (unpaired) electrons. The zero-order chi connectivity index (χ0) is 19.8. The van der Waals surface area contributed by atoms with Crippen molar-refractivity contribution < 1.29 is 19.4 Å². The summed E-state index contributed by atoms with van der Waals surface area (Å²) in [5.74, 6) is -0.0988. The predicted molar refractivity (Wildman–Crippen MR) is 103 cm³/mol. The molecule has 3 amide bonds. The molecule has 1 saturated heterocycles. The molecule has 0 aromatic rings. The van der Waals surface area contributed by atoms with Crippen LogP contribution in [0, 0.1) is 10.8 Å². The molecule has 0 bridgehead atoms. The number of hydrogen-bond acceptors (Lipinski definition) is 4. The predicted octanol–water partition coefficient (Wildman–Crippen LogP) is 3.28. The highest BCUT2D eigenvalue weighted by atomic mass is 16.5. The maximum Gasteiger partial charge on any atom is 0.326 e. The van der Waals surface area contributed by atoms with Crippen molar-refractivity contribution in [3.63, 3.8) is 0 Å². The molecule has 0 aliphatic carbocycles. The van der Waals surface area contributed by atoms with E-state index >= 15 is 0 Å². The van der Waals surface area contributed by atoms with Crippen molar-refractivity contribution in [2.45, 2.75) is 66.2 Å². The van der Waals surface area contributed by atoms with Crippen LogP contribution in [0.1, 0.15) is 66.2 Å². The summed E-state index contributed by atoms with van der Waals surface area (Å²) in [5.41, 5.74) is -0.0646. The molecule has 0 saturated carbocycles. The maximum atomic E-state index is 12.0. The van der Waals surface area contributed by atoms with E-state index in [2.05, 4.69) is 27.7 Å². The van der Waals surface area contributed by atoms with Gasteiger partial charge in [0.15, 0.2) is 0 Å². The Morgan fingerprint density at radius 2 is 1.50 bits per heavy atom. The summed E-state index contributed by atoms with van der Waals surface area (Å²) in [7, 11) is 1.66. The molecule has 1 rings (SSSR count). The number of carbonyl (C=O) groups is 2. The highest BCUT2D eigenvalue weighted by Crippen LogP contribution is 2.26. The monoisotopic (exact) mass is 370 g/mol. The van der Waals surface area contributed by atoms with Crippen LogP contribution >= 0.6 is 0 Å². The Hall–Kier alpha value is -1.14. The van der Waals surface area contributed by atoms with E-state index in [1.807, 2.05) is 0 Å². The first-order chi connectivity index (χ1) is 12.1. The first-order valence-electron chi connectivity index (χ1n) is 9.82. The Kier molecular flexibility index (Phi) is 9.04. The highest BCUT2D eigenvalue weighted by molar-refractivity contribution is 6.01. The largest absolute Gasteiger partial charge is 0.396 e. The number of imide groups is 1. The fourth-order valence-electron chi connectivity index (χ4n) is 3.13. The van der Waals surface area contributed by atoms with E-state index in [1.54, 1.807) is 7.05 Å². The van der Waals surface area contributed by atoms with Crippen molar-refractivity contribution in [2.75, 3.05) is 40.0 Å². The number of aliphatic hydroxyl groups is 1. The third-order valence-electron chi connectivity index (χ3n) is 5.03. The molecular formula is C20H38N2O4. The van der Waals surface area contributed by atoms with Gasteiger partial charge in [-0.3, -0.25) is 9.69 Å². The summed E-state index contributed by atoms with van der Waals surface area (Å²) < 4.78 is 5.69. The van der Waals surface area contributed by atoms with Crippen molar-refractivity contribution in [2.24, 2.45) is 10.8 Å². The average Bonchev–Trinajstić information content (AvgIpc) is 2.79. The molecule has 26 heavy (non-hydrogen) atoms. The first kappa shape index (κ1) is 22.9. The van der Waals surface area contributed by atoms with Crippen LogP contribution in [0.2, 0.25) is 0 Å². The minimum atomic E-state index is -0.184. The molecule has 0 aromatic carbocycles. The second kappa shape index (κ2) is 10.3. The van der Waals surface area contributed by atoms with Gasteiger partial charge in [0.05, 0.1) is 0 Å². The zero-order valence-electron chi connectivity index (χ0n) is 17.3. The van der Waals surface area contributed by atoms with Gasteiger partial charge in [-0.2, -0.15) is 0 Å². The van der Waals surface area contributed by atoms with E-state index in [0.29, 0.717) is 6.54 Å². The second-order valence-corrected chi connectivity index (χ2v) is 9.13. The number of rotatable bonds is 13. The van der Waals surface area contributed by atoms with Gasteiger partial charge in [0.2, 0.25) is 5.91 Å². The normalized spacial score (nSPS) is 16.1. The standard InChI is InChI=1S/C20H38N2O4/c1-19(2,15-22-17(24)14-21(5)18(22)25)10-6-8-12-26-13-9-7-11-20(3,4)16-23/h23H,6-16H2,1-5H3. The van der Waals surface area contributed by atoms with Gasteiger partial charge in [0.25, 0.3) is 0 Å². The Labute approximate surface area is 158 Å². The van der Waals surface area contributed by atoms with E-state index in [0.717, 1.165) is 51.7 Å². The fourth-order valence-corrected chi connectivity index (χ4v) is 3.13. The minimum absolute atomic E-state index is 0.0124. The summed E-state index contributed by atoms with van der Waals surface area (Å²) in [5, 5.41) is 9.22. The van der Waals surface area contributed by atoms with Crippen molar-refractivity contribution in [1.82, 2.24) is 9.80 Å². The minimum Gasteiger partial charge on any atom is -0.396 e. The quantitative estimate of drug-likeness (QED) is 0.399. The summed E-state index contributed by atoms with van der Waals surface area (Å²) in [6.45, 7) is 10.8. The molecule has 0 atom stereocenters. The third kappa shape index (κ3) is 8.04. The van der Waals surface area contributed by atoms with Gasteiger partial charge in [-0.1, -0.05) is 40.5 Å². The topological polar surface area (TPSA) is 70.1 Å². The van der Waals surface area contributed by atoms with E-state index in [-0.39, 0.29) is 35.9 Å². The number of aliphatic hydroxyl groups excluding tert-OH is 1. The lowest BCUT2D eigenvalue weighted by Gasteiger charge is -2.29. The Morgan fingerprint density at radius 1 is 0.962 bits per heavy atom. The number of unbranched alkanes of at least 4 members (excludes halogenated alkanes) is 2. The van der Waals surface area contributed by atoms with Crippen LogP contribution in [0.5, 0.6) is 0 Å². The Balaban J connectivity index is 2.10. The maximum absolute atomic E-state index is 12.0. The smallest absolute Gasteiger partial charge is 0.326 e. The lowest BCUT2D eigenvalue weighted by Crippen LogP contribution is -2.39. The molecule has 6 heteroatoms. The molecular weight excluding hydrogens is 332 g/mol. The summed E-state index contributed by atoms with van der Waals surface area (Å²) in [6, 6.07) is -0.184. The molecule has 0 unspecified atom stereocenters. The van der Waals surface area contributed by atoms with Crippen LogP contribution in [0.25, 0.3) is 0 Å². The van der Waals surface area contributed by atoms with Crippen LogP contribution in [-0.2, 0) is 9.53 Å². The van der Waals surface area contributed by atoms with Crippen molar-refractivity contribution in [3.05, 3.63) is 0 Å². The van der Waals surface area contributed by atoms with Crippen LogP contribution in [0.4, 0.5) is 4.79 Å². The van der Waals surface area contributed by atoms with Gasteiger partial charge >= 0.3 is 6.03 Å². The summed E-state index contributed by atoms with van der Waals surface area (Å²) in [6.07, 6.45) is 6.10. The number of amides is 3. The molecule has 1 heterocycles. The highest BCUT2D eigenvalue weighted by Gasteiger charge is 2.36. The van der Waals surface area contributed by atoms with Gasteiger partial charge in [-0.15, -0.1) is 0 Å². The molecule has 1 fully saturated rings. The second-order valence-electron chi connectivity index (χ2n) is 9.13. The number of carbonyl (C=O) groups excluding carboxylic acids is 2. The van der Waals surface area contributed by atoms with Crippen LogP contribution in [0.3, 0.4) is 0 Å². The van der Waals surface area contributed by atoms with Gasteiger partial charge in [0, 0.05) is 33.4 Å². The number of urea groups is 1. The SMILES string of the molecule is CN1CC(=O)N(CC(C)(C)CCCCOCCCCC(C)(C)CO)C1=O. The Bertz CT molecular complexity index is 463. The lowest BCUT2D eigenvalue weighted by molar-refractivity contribution is -0.126. The summed E-state index contributed by atoms with van der Waals surface area (Å²) >= 11 is 0. The van der Waals surface area contributed by atoms with Gasteiger partial charge < -0.3 is 14.7 Å². The van der Waals surface area contributed by atoms with Gasteiger partial charge in [-0.05, 0) is 36.5 Å². The number of nitrogens with zero attached hydrogens (tertiary/aromatic N) is 2. The molecule has 1 aliphatic rings. The molecule has 0 spiro atoms. The number of hydrogen-bond donors (Lipinski definition) is 1. The zero-order valence-corrected chi connectivity index (χ0v) is 17.3. The van der Waals surface area contributed by atoms with Crippen molar-refractivity contribution in [1.29, 1.82) is 0 Å². The van der Waals surface area contributed by atoms with Crippen LogP contribution in [0.15, 0.2) is 0 Å². The van der Waals surface area contributed by atoms with E-state index < -0.39 is 0 Å². The third-order valence-corrected chi connectivity index (χ3v) is 5.03. The lowest BCUT2D eigenvalue weighted by atomic mass is 9.86. The first-order valence-corrected chi connectivity index (χ1v) is 9.82.